The standard InChI is InChI=1S/C18H19ClN2O4S/c1-10-6-11(2)17(13(19)7-10)21-15(22)9-25-16(23)8-20-18(24)14-5-4-12(3)26-14/h4-7H,8-9H2,1-3H3,(H,20,24)(H,21,22). The van der Waals surface area contributed by atoms with Crippen LogP contribution in [0.1, 0.15) is 25.7 Å². The van der Waals surface area contributed by atoms with E-state index in [1.54, 1.807) is 12.1 Å². The Hall–Kier alpha value is -2.38. The van der Waals surface area contributed by atoms with Crippen molar-refractivity contribution >= 4 is 46.4 Å². The molecule has 0 aliphatic heterocycles. The minimum absolute atomic E-state index is 0.312. The summed E-state index contributed by atoms with van der Waals surface area (Å²) in [4.78, 5) is 37.0. The smallest absolute Gasteiger partial charge is 0.325 e. The van der Waals surface area contributed by atoms with Crippen LogP contribution >= 0.6 is 22.9 Å². The minimum atomic E-state index is -0.700. The zero-order valence-electron chi connectivity index (χ0n) is 14.6. The summed E-state index contributed by atoms with van der Waals surface area (Å²) < 4.78 is 4.87. The minimum Gasteiger partial charge on any atom is -0.454 e. The van der Waals surface area contributed by atoms with Crippen LogP contribution < -0.4 is 10.6 Å². The normalized spacial score (nSPS) is 10.3. The van der Waals surface area contributed by atoms with Crippen LogP contribution in [0.15, 0.2) is 24.3 Å². The van der Waals surface area contributed by atoms with Gasteiger partial charge in [-0.2, -0.15) is 0 Å². The molecule has 0 fully saturated rings. The molecule has 0 radical (unpaired) electrons. The van der Waals surface area contributed by atoms with Gasteiger partial charge in [-0.3, -0.25) is 14.4 Å². The molecule has 1 heterocycles. The molecule has 6 nitrogen and oxygen atoms in total. The zero-order chi connectivity index (χ0) is 19.3. The van der Waals surface area contributed by atoms with Crippen molar-refractivity contribution in [3.05, 3.63) is 50.2 Å². The Labute approximate surface area is 160 Å². The van der Waals surface area contributed by atoms with Crippen molar-refractivity contribution in [2.24, 2.45) is 0 Å². The number of benzene rings is 1. The summed E-state index contributed by atoms with van der Waals surface area (Å²) in [6.07, 6.45) is 0. The quantitative estimate of drug-likeness (QED) is 0.736. The Bertz CT molecular complexity index is 824. The lowest BCUT2D eigenvalue weighted by Crippen LogP contribution is -2.31. The Balaban J connectivity index is 1.78. The lowest BCUT2D eigenvalue weighted by molar-refractivity contribution is -0.146. The van der Waals surface area contributed by atoms with Gasteiger partial charge < -0.3 is 15.4 Å². The van der Waals surface area contributed by atoms with Crippen molar-refractivity contribution in [2.75, 3.05) is 18.5 Å². The van der Waals surface area contributed by atoms with Crippen LogP contribution in [0.4, 0.5) is 5.69 Å². The molecule has 0 aliphatic rings. The highest BCUT2D eigenvalue weighted by Crippen LogP contribution is 2.27. The fraction of sp³-hybridized carbons (Fsp3) is 0.278. The van der Waals surface area contributed by atoms with Gasteiger partial charge in [0.15, 0.2) is 6.61 Å². The zero-order valence-corrected chi connectivity index (χ0v) is 16.2. The first-order chi connectivity index (χ1) is 12.3. The molecule has 2 amide bonds. The Morgan fingerprint density at radius 2 is 1.88 bits per heavy atom. The molecule has 2 aromatic rings. The maximum atomic E-state index is 11.9. The molecule has 0 unspecified atom stereocenters. The third kappa shape index (κ3) is 5.57. The SMILES string of the molecule is Cc1cc(C)c(NC(=O)COC(=O)CNC(=O)c2ccc(C)s2)c(Cl)c1. The van der Waals surface area contributed by atoms with Gasteiger partial charge >= 0.3 is 5.97 Å². The molecule has 8 heteroatoms. The van der Waals surface area contributed by atoms with E-state index in [0.29, 0.717) is 15.6 Å². The molecule has 26 heavy (non-hydrogen) atoms. The number of amides is 2. The first kappa shape index (κ1) is 19.9. The van der Waals surface area contributed by atoms with Crippen LogP contribution in [0.2, 0.25) is 5.02 Å². The van der Waals surface area contributed by atoms with E-state index >= 15 is 0 Å². The van der Waals surface area contributed by atoms with Gasteiger partial charge in [0, 0.05) is 4.88 Å². The molecular weight excluding hydrogens is 376 g/mol. The molecule has 138 valence electrons. The van der Waals surface area contributed by atoms with E-state index in [9.17, 15) is 14.4 Å². The van der Waals surface area contributed by atoms with Crippen molar-refractivity contribution in [3.8, 4) is 0 Å². The number of thiophene rings is 1. The average molecular weight is 395 g/mol. The Morgan fingerprint density at radius 1 is 1.15 bits per heavy atom. The molecule has 2 N–H and O–H groups in total. The summed E-state index contributed by atoms with van der Waals surface area (Å²) in [7, 11) is 0. The van der Waals surface area contributed by atoms with E-state index in [0.717, 1.165) is 16.0 Å². The van der Waals surface area contributed by atoms with Gasteiger partial charge in [0.25, 0.3) is 11.8 Å². The molecular formula is C18H19ClN2O4S. The first-order valence-corrected chi connectivity index (χ1v) is 9.02. The van der Waals surface area contributed by atoms with Gasteiger partial charge in [-0.15, -0.1) is 11.3 Å². The maximum absolute atomic E-state index is 11.9. The Morgan fingerprint density at radius 3 is 2.50 bits per heavy atom. The number of aryl methyl sites for hydroxylation is 3. The van der Waals surface area contributed by atoms with Crippen LogP contribution in [-0.4, -0.2) is 30.9 Å². The number of halogens is 1. The van der Waals surface area contributed by atoms with E-state index in [1.165, 1.54) is 11.3 Å². The summed E-state index contributed by atoms with van der Waals surface area (Å²) in [6.45, 7) is 4.83. The third-order valence-electron chi connectivity index (χ3n) is 3.42. The number of ether oxygens (including phenoxy) is 1. The van der Waals surface area contributed by atoms with Crippen LogP contribution in [0.25, 0.3) is 0 Å². The molecule has 0 saturated heterocycles. The lowest BCUT2D eigenvalue weighted by Gasteiger charge is -2.12. The van der Waals surface area contributed by atoms with E-state index in [-0.39, 0.29) is 12.5 Å². The van der Waals surface area contributed by atoms with Crippen LogP contribution in [0, 0.1) is 20.8 Å². The summed E-state index contributed by atoms with van der Waals surface area (Å²) >= 11 is 7.45. The fourth-order valence-corrected chi connectivity index (χ4v) is 3.40. The molecule has 0 aliphatic carbocycles. The Kier molecular flexibility index (Phi) is 6.76. The third-order valence-corrected chi connectivity index (χ3v) is 4.72. The number of esters is 1. The van der Waals surface area contributed by atoms with E-state index in [2.05, 4.69) is 10.6 Å². The monoisotopic (exact) mass is 394 g/mol. The van der Waals surface area contributed by atoms with Crippen LogP contribution in [0.5, 0.6) is 0 Å². The molecule has 1 aromatic heterocycles. The number of hydrogen-bond acceptors (Lipinski definition) is 5. The highest BCUT2D eigenvalue weighted by molar-refractivity contribution is 7.13. The van der Waals surface area contributed by atoms with Gasteiger partial charge in [0.1, 0.15) is 6.54 Å². The number of carbonyl (C=O) groups is 3. The molecule has 2 rings (SSSR count). The average Bonchev–Trinajstić information content (AvgIpc) is 3.00. The molecule has 0 spiro atoms. The van der Waals surface area contributed by atoms with Crippen molar-refractivity contribution in [3.63, 3.8) is 0 Å². The second-order valence-electron chi connectivity index (χ2n) is 5.74. The molecule has 0 bridgehead atoms. The summed E-state index contributed by atoms with van der Waals surface area (Å²) in [6, 6.07) is 7.12. The van der Waals surface area contributed by atoms with Crippen molar-refractivity contribution in [1.82, 2.24) is 5.32 Å². The van der Waals surface area contributed by atoms with E-state index < -0.39 is 18.5 Å². The number of nitrogens with one attached hydrogen (secondary N) is 2. The number of anilines is 1. The summed E-state index contributed by atoms with van der Waals surface area (Å²) in [5.74, 6) is -1.56. The highest BCUT2D eigenvalue weighted by atomic mass is 35.5. The number of carbonyl (C=O) groups excluding carboxylic acids is 3. The maximum Gasteiger partial charge on any atom is 0.325 e. The first-order valence-electron chi connectivity index (χ1n) is 7.83. The van der Waals surface area contributed by atoms with Gasteiger partial charge in [-0.25, -0.2) is 0 Å². The highest BCUT2D eigenvalue weighted by Gasteiger charge is 2.14. The van der Waals surface area contributed by atoms with Crippen molar-refractivity contribution in [2.45, 2.75) is 20.8 Å². The fourth-order valence-electron chi connectivity index (χ4n) is 2.24. The van der Waals surface area contributed by atoms with E-state index in [4.69, 9.17) is 16.3 Å². The number of hydrogen-bond donors (Lipinski definition) is 2. The predicted molar refractivity (Wildman–Crippen MR) is 102 cm³/mol. The second kappa shape index (κ2) is 8.82. The summed E-state index contributed by atoms with van der Waals surface area (Å²) in [5, 5.41) is 5.49. The topological polar surface area (TPSA) is 84.5 Å². The molecule has 1 aromatic carbocycles. The van der Waals surface area contributed by atoms with Crippen LogP contribution in [-0.2, 0) is 14.3 Å². The largest absolute Gasteiger partial charge is 0.454 e. The van der Waals surface area contributed by atoms with Gasteiger partial charge in [-0.1, -0.05) is 17.7 Å². The summed E-state index contributed by atoms with van der Waals surface area (Å²) in [5.41, 5.74) is 2.28. The molecule has 0 atom stereocenters. The van der Waals surface area contributed by atoms with Crippen molar-refractivity contribution < 1.29 is 19.1 Å². The molecule has 0 saturated carbocycles. The number of rotatable bonds is 6. The van der Waals surface area contributed by atoms with Gasteiger partial charge in [0.05, 0.1) is 15.6 Å². The van der Waals surface area contributed by atoms with Crippen molar-refractivity contribution in [1.29, 1.82) is 0 Å². The van der Waals surface area contributed by atoms with Crippen LogP contribution in [0.3, 0.4) is 0 Å². The second-order valence-corrected chi connectivity index (χ2v) is 7.44. The van der Waals surface area contributed by atoms with E-state index in [1.807, 2.05) is 32.9 Å². The lowest BCUT2D eigenvalue weighted by atomic mass is 10.1. The predicted octanol–water partition coefficient (Wildman–Crippen LogP) is 3.24. The van der Waals surface area contributed by atoms with Gasteiger partial charge in [-0.05, 0) is 50.1 Å². The van der Waals surface area contributed by atoms with Gasteiger partial charge in [0.2, 0.25) is 0 Å².